The Hall–Kier alpha value is -4.07. The summed E-state index contributed by atoms with van der Waals surface area (Å²) in [4.78, 5) is 11.6. The molecule has 0 amide bonds. The van der Waals surface area contributed by atoms with Crippen LogP contribution in [0.4, 0.5) is 0 Å². The first kappa shape index (κ1) is 15.2. The summed E-state index contributed by atoms with van der Waals surface area (Å²) in [5.41, 5.74) is 3.83. The summed E-state index contributed by atoms with van der Waals surface area (Å²) in [6, 6.07) is 17.3. The number of rotatable bonds is 4. The molecule has 8 nitrogen and oxygen atoms in total. The van der Waals surface area contributed by atoms with Crippen LogP contribution in [0.5, 0.6) is 0 Å². The van der Waals surface area contributed by atoms with E-state index in [1.165, 1.54) is 0 Å². The van der Waals surface area contributed by atoms with Gasteiger partial charge in [0.2, 0.25) is 5.82 Å². The molecule has 0 radical (unpaired) electrons. The molecule has 4 heterocycles. The first-order valence-electron chi connectivity index (χ1n) is 8.29. The number of aromatic nitrogens is 7. The van der Waals surface area contributed by atoms with Crippen molar-refractivity contribution < 1.29 is 4.52 Å². The summed E-state index contributed by atoms with van der Waals surface area (Å²) in [6.07, 6.45) is 5.25. The lowest BCUT2D eigenvalue weighted by molar-refractivity contribution is 0.431. The van der Waals surface area contributed by atoms with E-state index in [1.54, 1.807) is 23.3 Å². The van der Waals surface area contributed by atoms with E-state index in [9.17, 15) is 0 Å². The van der Waals surface area contributed by atoms with Crippen molar-refractivity contribution in [2.75, 3.05) is 0 Å². The van der Waals surface area contributed by atoms with Crippen LogP contribution in [-0.2, 0) is 0 Å². The minimum Gasteiger partial charge on any atom is -0.357 e. The fourth-order valence-electron chi connectivity index (χ4n) is 2.84. The lowest BCUT2D eigenvalue weighted by atomic mass is 10.1. The first-order valence-corrected chi connectivity index (χ1v) is 8.29. The Morgan fingerprint density at radius 2 is 1.78 bits per heavy atom. The molecule has 1 aromatic carbocycles. The molecule has 0 saturated carbocycles. The van der Waals surface area contributed by atoms with Crippen molar-refractivity contribution in [1.29, 1.82) is 0 Å². The molecule has 0 fully saturated rings. The number of nitrogens with zero attached hydrogens (tertiary/aromatic N) is 6. The summed E-state index contributed by atoms with van der Waals surface area (Å²) < 4.78 is 7.15. The van der Waals surface area contributed by atoms with E-state index in [1.807, 2.05) is 54.6 Å². The van der Waals surface area contributed by atoms with Gasteiger partial charge in [0.25, 0.3) is 5.89 Å². The molecule has 0 unspecified atom stereocenters. The number of H-pyrrole nitrogens is 1. The van der Waals surface area contributed by atoms with Gasteiger partial charge in [0.1, 0.15) is 11.4 Å². The molecule has 130 valence electrons. The van der Waals surface area contributed by atoms with E-state index >= 15 is 0 Å². The van der Waals surface area contributed by atoms with Gasteiger partial charge in [0, 0.05) is 24.2 Å². The van der Waals surface area contributed by atoms with Crippen LogP contribution in [0.3, 0.4) is 0 Å². The molecule has 0 aliphatic rings. The van der Waals surface area contributed by atoms with E-state index in [0.717, 1.165) is 22.6 Å². The summed E-state index contributed by atoms with van der Waals surface area (Å²) in [5.74, 6) is 0.763. The highest BCUT2D eigenvalue weighted by Gasteiger charge is 2.22. The molecule has 0 aliphatic heterocycles. The smallest absolute Gasteiger partial charge is 0.274 e. The van der Waals surface area contributed by atoms with E-state index in [2.05, 4.69) is 30.4 Å². The second-order valence-electron chi connectivity index (χ2n) is 5.78. The summed E-state index contributed by atoms with van der Waals surface area (Å²) in [5, 5.41) is 12.8. The average Bonchev–Trinajstić information content (AvgIpc) is 3.48. The maximum atomic E-state index is 5.39. The van der Waals surface area contributed by atoms with Crippen LogP contribution in [0.15, 0.2) is 77.7 Å². The SMILES string of the molecule is c1ccc(-n2nnc(-c3noc(-c4ccc[nH]4)n3)c2-c2ccncc2)cc1. The lowest BCUT2D eigenvalue weighted by Gasteiger charge is -2.07. The predicted molar refractivity (Wildman–Crippen MR) is 97.7 cm³/mol. The third kappa shape index (κ3) is 2.69. The Kier molecular flexibility index (Phi) is 3.57. The molecular formula is C19H13N7O. The van der Waals surface area contributed by atoms with E-state index in [4.69, 9.17) is 4.52 Å². The number of hydrogen-bond donors (Lipinski definition) is 1. The predicted octanol–water partition coefficient (Wildman–Crippen LogP) is 3.37. The number of hydrogen-bond acceptors (Lipinski definition) is 6. The molecule has 0 aliphatic carbocycles. The Balaban J connectivity index is 1.68. The van der Waals surface area contributed by atoms with Gasteiger partial charge in [0.05, 0.1) is 5.69 Å². The molecule has 5 aromatic rings. The molecule has 27 heavy (non-hydrogen) atoms. The van der Waals surface area contributed by atoms with Gasteiger partial charge in [-0.25, -0.2) is 4.68 Å². The molecular weight excluding hydrogens is 342 g/mol. The molecule has 0 atom stereocenters. The van der Waals surface area contributed by atoms with Gasteiger partial charge < -0.3 is 9.51 Å². The second kappa shape index (κ2) is 6.34. The third-order valence-corrected chi connectivity index (χ3v) is 4.09. The molecule has 8 heteroatoms. The van der Waals surface area contributed by atoms with Crippen LogP contribution in [0, 0.1) is 0 Å². The Labute approximate surface area is 153 Å². The van der Waals surface area contributed by atoms with E-state index < -0.39 is 0 Å². The molecule has 0 bridgehead atoms. The Bertz CT molecular complexity index is 1160. The third-order valence-electron chi connectivity index (χ3n) is 4.09. The van der Waals surface area contributed by atoms with Crippen LogP contribution < -0.4 is 0 Å². The zero-order valence-corrected chi connectivity index (χ0v) is 14.0. The average molecular weight is 355 g/mol. The normalized spacial score (nSPS) is 11.0. The zero-order chi connectivity index (χ0) is 18.1. The van der Waals surface area contributed by atoms with E-state index in [-0.39, 0.29) is 0 Å². The molecule has 0 saturated heterocycles. The second-order valence-corrected chi connectivity index (χ2v) is 5.78. The standard InChI is InChI=1S/C19H13N7O/c1-2-5-14(6-3-1)26-17(13-8-11-20-12-9-13)16(23-25-26)18-22-19(27-24-18)15-7-4-10-21-15/h1-12,21H. The van der Waals surface area contributed by atoms with Crippen LogP contribution in [0.1, 0.15) is 0 Å². The summed E-state index contributed by atoms with van der Waals surface area (Å²) >= 11 is 0. The lowest BCUT2D eigenvalue weighted by Crippen LogP contribution is -1.99. The number of aromatic amines is 1. The van der Waals surface area contributed by atoms with Crippen LogP contribution in [-0.4, -0.2) is 35.1 Å². The monoisotopic (exact) mass is 355 g/mol. The Morgan fingerprint density at radius 1 is 0.926 bits per heavy atom. The topological polar surface area (TPSA) is 98.3 Å². The maximum absolute atomic E-state index is 5.39. The molecule has 4 aromatic heterocycles. The highest BCUT2D eigenvalue weighted by molar-refractivity contribution is 5.76. The summed E-state index contributed by atoms with van der Waals surface area (Å²) in [6.45, 7) is 0. The molecule has 5 rings (SSSR count). The van der Waals surface area contributed by atoms with Gasteiger partial charge in [-0.15, -0.1) is 5.10 Å². The van der Waals surface area contributed by atoms with Crippen molar-refractivity contribution >= 4 is 0 Å². The van der Waals surface area contributed by atoms with Crippen molar-refractivity contribution in [2.24, 2.45) is 0 Å². The quantitative estimate of drug-likeness (QED) is 0.531. The molecule has 0 spiro atoms. The van der Waals surface area contributed by atoms with Gasteiger partial charge in [0.15, 0.2) is 5.69 Å². The van der Waals surface area contributed by atoms with Crippen molar-refractivity contribution in [3.63, 3.8) is 0 Å². The maximum Gasteiger partial charge on any atom is 0.274 e. The number of benzene rings is 1. The number of pyridine rings is 1. The largest absolute Gasteiger partial charge is 0.357 e. The van der Waals surface area contributed by atoms with Crippen molar-refractivity contribution in [3.8, 4) is 40.0 Å². The minimum absolute atomic E-state index is 0.369. The number of nitrogens with one attached hydrogen (secondary N) is 1. The highest BCUT2D eigenvalue weighted by atomic mass is 16.5. The first-order chi connectivity index (χ1) is 13.4. The van der Waals surface area contributed by atoms with Crippen LogP contribution >= 0.6 is 0 Å². The van der Waals surface area contributed by atoms with Crippen LogP contribution in [0.2, 0.25) is 0 Å². The van der Waals surface area contributed by atoms with Crippen molar-refractivity contribution in [3.05, 3.63) is 73.2 Å². The number of para-hydroxylation sites is 1. The highest BCUT2D eigenvalue weighted by Crippen LogP contribution is 2.31. The fraction of sp³-hybridized carbons (Fsp3) is 0. The van der Waals surface area contributed by atoms with Gasteiger partial charge >= 0.3 is 0 Å². The minimum atomic E-state index is 0.369. The zero-order valence-electron chi connectivity index (χ0n) is 14.0. The van der Waals surface area contributed by atoms with E-state index in [0.29, 0.717) is 17.4 Å². The van der Waals surface area contributed by atoms with Gasteiger partial charge in [-0.1, -0.05) is 28.6 Å². The fourth-order valence-corrected chi connectivity index (χ4v) is 2.84. The van der Waals surface area contributed by atoms with Crippen molar-refractivity contribution in [1.82, 2.24) is 35.1 Å². The van der Waals surface area contributed by atoms with Crippen molar-refractivity contribution in [2.45, 2.75) is 0 Å². The summed E-state index contributed by atoms with van der Waals surface area (Å²) in [7, 11) is 0. The van der Waals surface area contributed by atoms with Crippen LogP contribution in [0.25, 0.3) is 40.0 Å². The molecule has 1 N–H and O–H groups in total. The Morgan fingerprint density at radius 3 is 2.56 bits per heavy atom. The van der Waals surface area contributed by atoms with Gasteiger partial charge in [-0.3, -0.25) is 4.98 Å². The van der Waals surface area contributed by atoms with Gasteiger partial charge in [-0.05, 0) is 36.4 Å². The van der Waals surface area contributed by atoms with Gasteiger partial charge in [-0.2, -0.15) is 4.98 Å².